The molecular weight excluding hydrogens is 283 g/mol. The lowest BCUT2D eigenvalue weighted by molar-refractivity contribution is 0.490. The highest BCUT2D eigenvalue weighted by Gasteiger charge is 2.29. The average molecular weight is 318 g/mol. The molecule has 0 aromatic heterocycles. The first-order valence-electron chi connectivity index (χ1n) is 8.79. The van der Waals surface area contributed by atoms with Gasteiger partial charge in [0.25, 0.3) is 0 Å². The molecule has 1 aromatic carbocycles. The Hall–Kier alpha value is -0.448. The number of aryl methyl sites for hydroxylation is 2. The zero-order valence-electron chi connectivity index (χ0n) is 16.2. The summed E-state index contributed by atoms with van der Waals surface area (Å²) in [4.78, 5) is 0. The summed E-state index contributed by atoms with van der Waals surface area (Å²) in [6, 6.07) is 4.58. The Morgan fingerprint density at radius 2 is 1.45 bits per heavy atom. The molecule has 0 amide bonds. The first-order valence-corrected chi connectivity index (χ1v) is 10.9. The van der Waals surface area contributed by atoms with Gasteiger partial charge in [0.1, 0.15) is 0 Å². The van der Waals surface area contributed by atoms with Gasteiger partial charge in [-0.2, -0.15) is 0 Å². The van der Waals surface area contributed by atoms with Gasteiger partial charge >= 0.3 is 14.5 Å². The van der Waals surface area contributed by atoms with Crippen LogP contribution in [0.1, 0.15) is 65.2 Å². The van der Waals surface area contributed by atoms with Crippen LogP contribution in [-0.2, 0) is 5.41 Å². The molecule has 1 aromatic rings. The second-order valence-electron chi connectivity index (χ2n) is 8.71. The van der Waals surface area contributed by atoms with Gasteiger partial charge in [-0.3, -0.25) is 0 Å². The minimum atomic E-state index is -1.22. The minimum absolute atomic E-state index is 0.126. The Kier molecular flexibility index (Phi) is 7.03. The Labute approximate surface area is 143 Å². The molecule has 0 aliphatic carbocycles. The second kappa shape index (κ2) is 7.89. The zero-order chi connectivity index (χ0) is 17.1. The number of rotatable bonds is 6. The second-order valence-corrected chi connectivity index (χ2v) is 11.1. The van der Waals surface area contributed by atoms with E-state index in [1.165, 1.54) is 33.0 Å². The average Bonchev–Trinajstić information content (AvgIpc) is 2.29. The predicted octanol–water partition coefficient (Wildman–Crippen LogP) is 6.28. The van der Waals surface area contributed by atoms with E-state index >= 15 is 0 Å². The third kappa shape index (κ3) is 5.98. The number of hydrogen-bond donors (Lipinski definition) is 0. The van der Waals surface area contributed by atoms with Crippen LogP contribution in [0.5, 0.6) is 5.75 Å². The van der Waals surface area contributed by atoms with E-state index in [1.54, 1.807) is 0 Å². The van der Waals surface area contributed by atoms with E-state index in [1.807, 2.05) is 0 Å². The summed E-state index contributed by atoms with van der Waals surface area (Å²) in [5.74, 6) is 2.62. The Bertz CT molecular complexity index is 473. The molecule has 0 atom stereocenters. The fraction of sp³-hybridized carbons (Fsp3) is 0.700. The molecule has 0 aliphatic rings. The summed E-state index contributed by atoms with van der Waals surface area (Å²) in [5.41, 5.74) is 4.13. The van der Waals surface area contributed by atoms with E-state index in [9.17, 15) is 0 Å². The van der Waals surface area contributed by atoms with Crippen LogP contribution >= 0.6 is 0 Å². The van der Waals surface area contributed by atoms with Gasteiger partial charge in [0.2, 0.25) is 0 Å². The quantitative estimate of drug-likeness (QED) is 0.561. The van der Waals surface area contributed by atoms with E-state index < -0.39 is 14.5 Å². The normalized spacial score (nSPS) is 12.1. The summed E-state index contributed by atoms with van der Waals surface area (Å²) >= 11 is -1.22. The smallest absolute Gasteiger partial charge is 0.547 e. The molecule has 1 rings (SSSR count). The maximum atomic E-state index is 6.72. The summed E-state index contributed by atoms with van der Waals surface area (Å²) in [6.07, 6.45) is 0. The van der Waals surface area contributed by atoms with E-state index in [2.05, 4.69) is 74.4 Å². The van der Waals surface area contributed by atoms with Crippen molar-refractivity contribution in [3.63, 3.8) is 0 Å². The molecule has 0 radical (unpaired) electrons. The Morgan fingerprint density at radius 1 is 0.955 bits per heavy atom. The topological polar surface area (TPSA) is 9.23 Å². The van der Waals surface area contributed by atoms with Crippen molar-refractivity contribution in [1.82, 2.24) is 0 Å². The van der Waals surface area contributed by atoms with Crippen LogP contribution in [-0.4, -0.2) is 14.5 Å². The van der Waals surface area contributed by atoms with Crippen LogP contribution in [0.15, 0.2) is 12.1 Å². The Balaban J connectivity index is 3.17. The van der Waals surface area contributed by atoms with Crippen molar-refractivity contribution >= 4 is 14.5 Å². The van der Waals surface area contributed by atoms with Crippen LogP contribution in [0, 0.1) is 25.7 Å². The van der Waals surface area contributed by atoms with Crippen LogP contribution < -0.4 is 3.79 Å². The molecule has 1 nitrogen and oxygen atoms in total. The highest BCUT2D eigenvalue weighted by molar-refractivity contribution is 6.52. The summed E-state index contributed by atoms with van der Waals surface area (Å²) in [6.45, 7) is 20.5. The molecule has 0 fully saturated rings. The van der Waals surface area contributed by atoms with Gasteiger partial charge in [0, 0.05) is 0 Å². The third-order valence-corrected chi connectivity index (χ3v) is 7.49. The Morgan fingerprint density at radius 3 is 1.86 bits per heavy atom. The molecule has 0 saturated carbocycles. The summed E-state index contributed by atoms with van der Waals surface area (Å²) in [7, 11) is 0. The standard InChI is InChI=1S/C12H18O.2C4H9.Al/c1-8-6-9(2)11(13)10(7-8)12(3,4)5;2*1-4(2)3;/h6-7,13H,1-5H3;2*4H,1H2,2-3H3;/q;;;+1/p-1. The van der Waals surface area contributed by atoms with Gasteiger partial charge in [-0.05, 0) is 30.4 Å². The van der Waals surface area contributed by atoms with E-state index in [0.29, 0.717) is 0 Å². The van der Waals surface area contributed by atoms with Gasteiger partial charge in [0.05, 0.1) is 5.75 Å². The highest BCUT2D eigenvalue weighted by Crippen LogP contribution is 2.36. The van der Waals surface area contributed by atoms with Crippen molar-refractivity contribution in [2.24, 2.45) is 11.8 Å². The van der Waals surface area contributed by atoms with E-state index in [0.717, 1.165) is 11.8 Å². The molecule has 0 N–H and O–H groups in total. The number of benzene rings is 1. The molecule has 0 saturated heterocycles. The van der Waals surface area contributed by atoms with Crippen LogP contribution in [0.25, 0.3) is 0 Å². The highest BCUT2D eigenvalue weighted by atomic mass is 27.2. The number of hydrogen-bond acceptors (Lipinski definition) is 1. The molecule has 0 aliphatic heterocycles. The third-order valence-electron chi connectivity index (χ3n) is 3.98. The van der Waals surface area contributed by atoms with Gasteiger partial charge < -0.3 is 3.79 Å². The first-order chi connectivity index (χ1) is 10.0. The molecule has 22 heavy (non-hydrogen) atoms. The van der Waals surface area contributed by atoms with Gasteiger partial charge in [-0.15, -0.1) is 0 Å². The van der Waals surface area contributed by atoms with Crippen LogP contribution in [0.4, 0.5) is 0 Å². The molecule has 0 heterocycles. The molecule has 124 valence electrons. The van der Waals surface area contributed by atoms with Crippen molar-refractivity contribution in [1.29, 1.82) is 0 Å². The van der Waals surface area contributed by atoms with Crippen LogP contribution in [0.3, 0.4) is 0 Å². The van der Waals surface area contributed by atoms with Gasteiger partial charge in [-0.1, -0.05) is 88.6 Å². The maximum absolute atomic E-state index is 6.72. The van der Waals surface area contributed by atoms with Crippen molar-refractivity contribution in [2.75, 3.05) is 0 Å². The predicted molar refractivity (Wildman–Crippen MR) is 100 cm³/mol. The van der Waals surface area contributed by atoms with E-state index in [4.69, 9.17) is 3.79 Å². The molecular formula is C20H35AlO. The lowest BCUT2D eigenvalue weighted by Crippen LogP contribution is -2.27. The van der Waals surface area contributed by atoms with Crippen molar-refractivity contribution in [3.8, 4) is 5.75 Å². The van der Waals surface area contributed by atoms with Crippen LogP contribution in [0.2, 0.25) is 10.6 Å². The fourth-order valence-corrected chi connectivity index (χ4v) is 6.21. The lowest BCUT2D eigenvalue weighted by Gasteiger charge is -2.28. The summed E-state index contributed by atoms with van der Waals surface area (Å²) in [5, 5.41) is 2.52. The maximum Gasteiger partial charge on any atom is 0.547 e. The molecule has 0 spiro atoms. The SMILES string of the molecule is Cc1cc(C)c([O][Al]([CH2]C(C)C)[CH2]C(C)C)c(C(C)(C)C)c1. The fourth-order valence-electron chi connectivity index (χ4n) is 3.08. The summed E-state index contributed by atoms with van der Waals surface area (Å²) < 4.78 is 6.72. The first kappa shape index (κ1) is 19.6. The van der Waals surface area contributed by atoms with Gasteiger partial charge in [0.15, 0.2) is 0 Å². The largest absolute Gasteiger partial charge is 0.642 e. The van der Waals surface area contributed by atoms with Crippen molar-refractivity contribution < 1.29 is 3.79 Å². The van der Waals surface area contributed by atoms with Gasteiger partial charge in [-0.25, -0.2) is 0 Å². The minimum Gasteiger partial charge on any atom is -0.642 e. The van der Waals surface area contributed by atoms with Crippen molar-refractivity contribution in [3.05, 3.63) is 28.8 Å². The molecule has 2 heteroatoms. The van der Waals surface area contributed by atoms with Crippen molar-refractivity contribution in [2.45, 2.75) is 78.3 Å². The lowest BCUT2D eigenvalue weighted by atomic mass is 9.84. The molecule has 0 bridgehead atoms. The zero-order valence-corrected chi connectivity index (χ0v) is 17.4. The van der Waals surface area contributed by atoms with E-state index in [-0.39, 0.29) is 5.41 Å². The molecule has 0 unspecified atom stereocenters. The monoisotopic (exact) mass is 318 g/mol.